The van der Waals surface area contributed by atoms with Crippen molar-refractivity contribution in [1.82, 2.24) is 14.8 Å². The van der Waals surface area contributed by atoms with Crippen molar-refractivity contribution in [2.24, 2.45) is 0 Å². The SMILES string of the molecule is CCC(C)n1ncnc1C. The Bertz CT molecular complexity index is 204. The summed E-state index contributed by atoms with van der Waals surface area (Å²) in [7, 11) is 0. The van der Waals surface area contributed by atoms with E-state index in [1.165, 1.54) is 0 Å². The van der Waals surface area contributed by atoms with Gasteiger partial charge >= 0.3 is 0 Å². The molecule has 0 aliphatic heterocycles. The molecule has 3 nitrogen and oxygen atoms in total. The highest BCUT2D eigenvalue weighted by atomic mass is 15.3. The van der Waals surface area contributed by atoms with Gasteiger partial charge < -0.3 is 0 Å². The van der Waals surface area contributed by atoms with Crippen LogP contribution in [-0.4, -0.2) is 14.8 Å². The number of aryl methyl sites for hydroxylation is 1. The zero-order valence-electron chi connectivity index (χ0n) is 6.70. The summed E-state index contributed by atoms with van der Waals surface area (Å²) in [6, 6.07) is 0.475. The first-order valence-corrected chi connectivity index (χ1v) is 3.61. The molecule has 0 fully saturated rings. The standard InChI is InChI=1S/C7H13N3/c1-4-6(2)10-7(3)8-5-9-10/h5-6H,4H2,1-3H3. The van der Waals surface area contributed by atoms with E-state index in [1.807, 2.05) is 11.6 Å². The molecule has 1 aromatic rings. The molecule has 1 rings (SSSR count). The average Bonchev–Trinajstić information content (AvgIpc) is 2.34. The third-order valence-corrected chi connectivity index (χ3v) is 1.76. The van der Waals surface area contributed by atoms with Crippen LogP contribution in [0.15, 0.2) is 6.33 Å². The molecule has 0 radical (unpaired) electrons. The van der Waals surface area contributed by atoms with Crippen molar-refractivity contribution in [3.05, 3.63) is 12.2 Å². The quantitative estimate of drug-likeness (QED) is 0.622. The van der Waals surface area contributed by atoms with Gasteiger partial charge in [0.1, 0.15) is 12.2 Å². The van der Waals surface area contributed by atoms with Crippen LogP contribution in [0.25, 0.3) is 0 Å². The van der Waals surface area contributed by atoms with Gasteiger partial charge in [0.25, 0.3) is 0 Å². The predicted molar refractivity (Wildman–Crippen MR) is 39.8 cm³/mol. The summed E-state index contributed by atoms with van der Waals surface area (Å²) in [5, 5.41) is 4.09. The smallest absolute Gasteiger partial charge is 0.138 e. The van der Waals surface area contributed by atoms with Crippen molar-refractivity contribution < 1.29 is 0 Å². The fourth-order valence-electron chi connectivity index (χ4n) is 0.913. The Kier molecular flexibility index (Phi) is 2.04. The van der Waals surface area contributed by atoms with Crippen molar-refractivity contribution >= 4 is 0 Å². The molecule has 1 heterocycles. The van der Waals surface area contributed by atoms with Crippen LogP contribution in [0.1, 0.15) is 32.1 Å². The molecule has 3 heteroatoms. The third kappa shape index (κ3) is 1.17. The van der Waals surface area contributed by atoms with Crippen molar-refractivity contribution in [1.29, 1.82) is 0 Å². The highest BCUT2D eigenvalue weighted by Gasteiger charge is 2.04. The topological polar surface area (TPSA) is 30.7 Å². The van der Waals surface area contributed by atoms with Crippen LogP contribution in [0, 0.1) is 6.92 Å². The summed E-state index contributed by atoms with van der Waals surface area (Å²) in [4.78, 5) is 4.04. The monoisotopic (exact) mass is 139 g/mol. The van der Waals surface area contributed by atoms with Crippen LogP contribution >= 0.6 is 0 Å². The molecule has 0 saturated carbocycles. The van der Waals surface area contributed by atoms with E-state index < -0.39 is 0 Å². The van der Waals surface area contributed by atoms with Gasteiger partial charge in [0.15, 0.2) is 0 Å². The van der Waals surface area contributed by atoms with Crippen molar-refractivity contribution in [2.75, 3.05) is 0 Å². The van der Waals surface area contributed by atoms with Gasteiger partial charge in [-0.1, -0.05) is 6.92 Å². The van der Waals surface area contributed by atoms with Gasteiger partial charge in [-0.05, 0) is 20.3 Å². The lowest BCUT2D eigenvalue weighted by atomic mass is 10.3. The summed E-state index contributed by atoms with van der Waals surface area (Å²) >= 11 is 0. The van der Waals surface area contributed by atoms with Crippen molar-refractivity contribution in [2.45, 2.75) is 33.2 Å². The molecule has 0 aromatic carbocycles. The molecule has 10 heavy (non-hydrogen) atoms. The van der Waals surface area contributed by atoms with Gasteiger partial charge in [-0.25, -0.2) is 9.67 Å². The van der Waals surface area contributed by atoms with Gasteiger partial charge in [-0.2, -0.15) is 5.10 Å². The van der Waals surface area contributed by atoms with Crippen LogP contribution in [-0.2, 0) is 0 Å². The fourth-order valence-corrected chi connectivity index (χ4v) is 0.913. The second-order valence-corrected chi connectivity index (χ2v) is 2.51. The molecule has 0 amide bonds. The summed E-state index contributed by atoms with van der Waals surface area (Å²) in [5.41, 5.74) is 0. The van der Waals surface area contributed by atoms with Gasteiger partial charge in [0, 0.05) is 0 Å². The van der Waals surface area contributed by atoms with E-state index in [2.05, 4.69) is 23.9 Å². The van der Waals surface area contributed by atoms with E-state index in [4.69, 9.17) is 0 Å². The first-order chi connectivity index (χ1) is 4.75. The number of nitrogens with zero attached hydrogens (tertiary/aromatic N) is 3. The Balaban J connectivity index is 2.82. The second-order valence-electron chi connectivity index (χ2n) is 2.51. The minimum absolute atomic E-state index is 0.475. The largest absolute Gasteiger partial charge is 0.248 e. The Hall–Kier alpha value is -0.860. The summed E-state index contributed by atoms with van der Waals surface area (Å²) in [5.74, 6) is 0.995. The maximum atomic E-state index is 4.09. The first kappa shape index (κ1) is 7.25. The summed E-state index contributed by atoms with van der Waals surface area (Å²) in [6.45, 7) is 6.26. The molecule has 0 bridgehead atoms. The van der Waals surface area contributed by atoms with Crippen LogP contribution in [0.4, 0.5) is 0 Å². The Morgan fingerprint density at radius 1 is 1.70 bits per heavy atom. The normalized spacial score (nSPS) is 13.5. The highest BCUT2D eigenvalue weighted by molar-refractivity contribution is 4.80. The number of hydrogen-bond donors (Lipinski definition) is 0. The Morgan fingerprint density at radius 2 is 2.40 bits per heavy atom. The van der Waals surface area contributed by atoms with E-state index in [0.717, 1.165) is 12.2 Å². The summed E-state index contributed by atoms with van der Waals surface area (Å²) < 4.78 is 1.94. The van der Waals surface area contributed by atoms with Crippen LogP contribution < -0.4 is 0 Å². The molecule has 56 valence electrons. The van der Waals surface area contributed by atoms with Gasteiger partial charge in [-0.15, -0.1) is 0 Å². The molecule has 0 aliphatic carbocycles. The fraction of sp³-hybridized carbons (Fsp3) is 0.714. The second kappa shape index (κ2) is 2.82. The zero-order valence-corrected chi connectivity index (χ0v) is 6.70. The van der Waals surface area contributed by atoms with Crippen LogP contribution in [0.2, 0.25) is 0 Å². The average molecular weight is 139 g/mol. The minimum Gasteiger partial charge on any atom is -0.248 e. The molecule has 1 unspecified atom stereocenters. The molecular formula is C7H13N3. The molecule has 0 aliphatic rings. The maximum Gasteiger partial charge on any atom is 0.138 e. The lowest BCUT2D eigenvalue weighted by molar-refractivity contribution is 0.465. The Labute approximate surface area is 61.1 Å². The van der Waals surface area contributed by atoms with Gasteiger partial charge in [-0.3, -0.25) is 0 Å². The van der Waals surface area contributed by atoms with E-state index >= 15 is 0 Å². The third-order valence-electron chi connectivity index (χ3n) is 1.76. The number of aromatic nitrogens is 3. The van der Waals surface area contributed by atoms with Gasteiger partial charge in [0.2, 0.25) is 0 Å². The predicted octanol–water partition coefficient (Wildman–Crippen LogP) is 1.56. The highest BCUT2D eigenvalue weighted by Crippen LogP contribution is 2.08. The number of rotatable bonds is 2. The maximum absolute atomic E-state index is 4.09. The molecule has 1 atom stereocenters. The van der Waals surface area contributed by atoms with Crippen LogP contribution in [0.3, 0.4) is 0 Å². The van der Waals surface area contributed by atoms with E-state index in [1.54, 1.807) is 6.33 Å². The molecular weight excluding hydrogens is 126 g/mol. The lowest BCUT2D eigenvalue weighted by Gasteiger charge is -2.08. The molecule has 0 saturated heterocycles. The van der Waals surface area contributed by atoms with E-state index in [0.29, 0.717) is 6.04 Å². The Morgan fingerprint density at radius 3 is 2.80 bits per heavy atom. The van der Waals surface area contributed by atoms with E-state index in [-0.39, 0.29) is 0 Å². The minimum atomic E-state index is 0.475. The van der Waals surface area contributed by atoms with Crippen molar-refractivity contribution in [3.63, 3.8) is 0 Å². The zero-order chi connectivity index (χ0) is 7.56. The lowest BCUT2D eigenvalue weighted by Crippen LogP contribution is -2.07. The molecule has 0 spiro atoms. The summed E-state index contributed by atoms with van der Waals surface area (Å²) in [6.07, 6.45) is 2.70. The molecule has 1 aromatic heterocycles. The number of hydrogen-bond acceptors (Lipinski definition) is 2. The van der Waals surface area contributed by atoms with Crippen LogP contribution in [0.5, 0.6) is 0 Å². The van der Waals surface area contributed by atoms with Gasteiger partial charge in [0.05, 0.1) is 6.04 Å². The first-order valence-electron chi connectivity index (χ1n) is 3.61. The molecule has 0 N–H and O–H groups in total. The van der Waals surface area contributed by atoms with E-state index in [9.17, 15) is 0 Å². The van der Waals surface area contributed by atoms with Crippen molar-refractivity contribution in [3.8, 4) is 0 Å².